The van der Waals surface area contributed by atoms with Crippen LogP contribution < -0.4 is 11.1 Å². The summed E-state index contributed by atoms with van der Waals surface area (Å²) in [5.74, 6) is 0.254. The Balaban J connectivity index is 1.60. The number of nitrogens with two attached hydrogens (primary N) is 1. The van der Waals surface area contributed by atoms with Gasteiger partial charge in [0.05, 0.1) is 15.6 Å². The lowest BCUT2D eigenvalue weighted by atomic mass is 10.2. The van der Waals surface area contributed by atoms with Crippen molar-refractivity contribution >= 4 is 52.0 Å². The number of aromatic amines is 1. The number of carbonyl (C=O) groups is 1. The number of rotatable bonds is 5. The van der Waals surface area contributed by atoms with Gasteiger partial charge < -0.3 is 16.0 Å². The van der Waals surface area contributed by atoms with Gasteiger partial charge in [-0.05, 0) is 37.1 Å². The standard InChI is InChI=1S/C18H17Cl2N5O/c1-10(4-2-5-11-8-13(20)16(21)22-9-11)23-18(26)17-24-14-7-3-6-12(19)15(14)25-17/h2-3,5-10H,4H2,1H3,(H2,21,22)(H,23,26)(H,24,25)/b5-2+/t10-/m0/s1. The number of aromatic nitrogens is 3. The molecule has 0 aliphatic rings. The third kappa shape index (κ3) is 4.15. The van der Waals surface area contributed by atoms with Crippen molar-refractivity contribution in [3.63, 3.8) is 0 Å². The molecule has 3 rings (SSSR count). The fraction of sp³-hybridized carbons (Fsp3) is 0.167. The van der Waals surface area contributed by atoms with E-state index in [1.54, 1.807) is 24.4 Å². The first-order chi connectivity index (χ1) is 12.4. The van der Waals surface area contributed by atoms with Gasteiger partial charge in [0.2, 0.25) is 0 Å². The van der Waals surface area contributed by atoms with Gasteiger partial charge in [0, 0.05) is 12.2 Å². The van der Waals surface area contributed by atoms with Gasteiger partial charge in [-0.2, -0.15) is 0 Å². The number of nitrogen functional groups attached to an aromatic ring is 1. The lowest BCUT2D eigenvalue weighted by Gasteiger charge is -2.10. The molecule has 0 saturated carbocycles. The highest BCUT2D eigenvalue weighted by Gasteiger charge is 2.14. The number of para-hydroxylation sites is 1. The molecule has 0 aliphatic heterocycles. The Labute approximate surface area is 160 Å². The second-order valence-corrected chi connectivity index (χ2v) is 6.68. The van der Waals surface area contributed by atoms with Crippen LogP contribution in [-0.2, 0) is 0 Å². The van der Waals surface area contributed by atoms with Crippen molar-refractivity contribution in [2.75, 3.05) is 5.73 Å². The van der Waals surface area contributed by atoms with Crippen molar-refractivity contribution in [3.05, 3.63) is 58.0 Å². The minimum atomic E-state index is -0.282. The van der Waals surface area contributed by atoms with E-state index in [4.69, 9.17) is 28.9 Å². The average Bonchev–Trinajstić information content (AvgIpc) is 3.04. The topological polar surface area (TPSA) is 96.7 Å². The maximum Gasteiger partial charge on any atom is 0.287 e. The van der Waals surface area contributed by atoms with Crippen LogP contribution in [0.2, 0.25) is 10.0 Å². The molecule has 0 unspecified atom stereocenters. The number of nitrogens with one attached hydrogen (secondary N) is 2. The maximum absolute atomic E-state index is 12.3. The summed E-state index contributed by atoms with van der Waals surface area (Å²) in [5.41, 5.74) is 7.73. The molecule has 6 nitrogen and oxygen atoms in total. The zero-order chi connectivity index (χ0) is 18.7. The first kappa shape index (κ1) is 18.2. The molecule has 2 aromatic heterocycles. The van der Waals surface area contributed by atoms with Gasteiger partial charge >= 0.3 is 0 Å². The summed E-state index contributed by atoms with van der Waals surface area (Å²) in [5, 5.41) is 3.81. The van der Waals surface area contributed by atoms with E-state index in [0.717, 1.165) is 11.1 Å². The van der Waals surface area contributed by atoms with Gasteiger partial charge in [0.1, 0.15) is 11.3 Å². The molecule has 8 heteroatoms. The smallest absolute Gasteiger partial charge is 0.287 e. The molecule has 1 amide bonds. The van der Waals surface area contributed by atoms with Crippen molar-refractivity contribution in [2.24, 2.45) is 0 Å². The second-order valence-electron chi connectivity index (χ2n) is 5.87. The van der Waals surface area contributed by atoms with Gasteiger partial charge in [0.25, 0.3) is 5.91 Å². The van der Waals surface area contributed by atoms with E-state index in [0.29, 0.717) is 27.8 Å². The molecule has 0 aliphatic carbocycles. The minimum absolute atomic E-state index is 0.0837. The van der Waals surface area contributed by atoms with E-state index < -0.39 is 0 Å². The van der Waals surface area contributed by atoms with Crippen molar-refractivity contribution in [2.45, 2.75) is 19.4 Å². The van der Waals surface area contributed by atoms with Crippen LogP contribution in [0.1, 0.15) is 29.5 Å². The summed E-state index contributed by atoms with van der Waals surface area (Å²) in [4.78, 5) is 23.6. The number of hydrogen-bond acceptors (Lipinski definition) is 4. The molecule has 26 heavy (non-hydrogen) atoms. The fourth-order valence-corrected chi connectivity index (χ4v) is 2.81. The molecule has 2 heterocycles. The van der Waals surface area contributed by atoms with Crippen LogP contribution in [0.25, 0.3) is 17.1 Å². The van der Waals surface area contributed by atoms with Gasteiger partial charge in [-0.25, -0.2) is 9.97 Å². The number of nitrogens with zero attached hydrogens (tertiary/aromatic N) is 2. The molecule has 0 fully saturated rings. The summed E-state index contributed by atoms with van der Waals surface area (Å²) in [6.45, 7) is 1.91. The van der Waals surface area contributed by atoms with Gasteiger partial charge in [-0.1, -0.05) is 41.4 Å². The fourth-order valence-electron chi connectivity index (χ4n) is 2.42. The van der Waals surface area contributed by atoms with Gasteiger partial charge in [-0.15, -0.1) is 0 Å². The number of anilines is 1. The minimum Gasteiger partial charge on any atom is -0.382 e. The van der Waals surface area contributed by atoms with Crippen LogP contribution >= 0.6 is 23.2 Å². The van der Waals surface area contributed by atoms with Crippen LogP contribution in [0.4, 0.5) is 5.82 Å². The monoisotopic (exact) mass is 389 g/mol. The molecule has 4 N–H and O–H groups in total. The number of halogens is 2. The van der Waals surface area contributed by atoms with Crippen LogP contribution in [0.3, 0.4) is 0 Å². The Morgan fingerprint density at radius 2 is 2.19 bits per heavy atom. The number of amides is 1. The normalized spacial score (nSPS) is 12.6. The maximum atomic E-state index is 12.3. The number of fused-ring (bicyclic) bond motifs is 1. The summed E-state index contributed by atoms with van der Waals surface area (Å²) in [7, 11) is 0. The zero-order valence-electron chi connectivity index (χ0n) is 14.0. The van der Waals surface area contributed by atoms with Crippen molar-refractivity contribution in [1.29, 1.82) is 0 Å². The highest BCUT2D eigenvalue weighted by Crippen LogP contribution is 2.21. The zero-order valence-corrected chi connectivity index (χ0v) is 15.5. The van der Waals surface area contributed by atoms with Crippen molar-refractivity contribution in [1.82, 2.24) is 20.3 Å². The Kier molecular flexibility index (Phi) is 5.44. The van der Waals surface area contributed by atoms with Crippen LogP contribution in [0.5, 0.6) is 0 Å². The molecular formula is C18H17Cl2N5O. The molecule has 1 atom stereocenters. The molecule has 0 spiro atoms. The van der Waals surface area contributed by atoms with Crippen LogP contribution in [-0.4, -0.2) is 26.9 Å². The van der Waals surface area contributed by atoms with E-state index in [9.17, 15) is 4.79 Å². The third-order valence-electron chi connectivity index (χ3n) is 3.75. The molecule has 0 radical (unpaired) electrons. The molecule has 134 valence electrons. The third-order valence-corrected chi connectivity index (χ3v) is 4.35. The Morgan fingerprint density at radius 1 is 1.38 bits per heavy atom. The van der Waals surface area contributed by atoms with E-state index in [-0.39, 0.29) is 17.8 Å². The number of hydrogen-bond donors (Lipinski definition) is 3. The Morgan fingerprint density at radius 3 is 2.92 bits per heavy atom. The van der Waals surface area contributed by atoms with Gasteiger partial charge in [0.15, 0.2) is 5.82 Å². The lowest BCUT2D eigenvalue weighted by molar-refractivity contribution is 0.0931. The number of imidazole rings is 1. The van der Waals surface area contributed by atoms with E-state index in [1.165, 1.54) is 0 Å². The molecule has 3 aromatic rings. The summed E-state index contributed by atoms with van der Waals surface area (Å²) in [6.07, 6.45) is 6.08. The van der Waals surface area contributed by atoms with E-state index in [2.05, 4.69) is 20.3 Å². The van der Waals surface area contributed by atoms with E-state index in [1.807, 2.05) is 25.1 Å². The lowest BCUT2D eigenvalue weighted by Crippen LogP contribution is -2.32. The summed E-state index contributed by atoms with van der Waals surface area (Å²) >= 11 is 12.0. The van der Waals surface area contributed by atoms with Crippen molar-refractivity contribution < 1.29 is 4.79 Å². The first-order valence-electron chi connectivity index (χ1n) is 7.96. The highest BCUT2D eigenvalue weighted by atomic mass is 35.5. The van der Waals surface area contributed by atoms with Gasteiger partial charge in [-0.3, -0.25) is 4.79 Å². The quantitative estimate of drug-likeness (QED) is 0.612. The molecule has 1 aromatic carbocycles. The predicted octanol–water partition coefficient (Wildman–Crippen LogP) is 4.07. The van der Waals surface area contributed by atoms with E-state index >= 15 is 0 Å². The number of carbonyl (C=O) groups excluding carboxylic acids is 1. The molecule has 0 bridgehead atoms. The number of H-pyrrole nitrogens is 1. The average molecular weight is 390 g/mol. The highest BCUT2D eigenvalue weighted by molar-refractivity contribution is 6.35. The molecule has 0 saturated heterocycles. The Hall–Kier alpha value is -2.57. The molecular weight excluding hydrogens is 373 g/mol. The number of benzene rings is 1. The second kappa shape index (κ2) is 7.76. The van der Waals surface area contributed by atoms with Crippen LogP contribution in [0, 0.1) is 0 Å². The summed E-state index contributed by atoms with van der Waals surface area (Å²) < 4.78 is 0. The van der Waals surface area contributed by atoms with Crippen LogP contribution in [0.15, 0.2) is 36.5 Å². The SMILES string of the molecule is C[C@@H](C/C=C/c1cnc(N)c(Cl)c1)NC(=O)c1nc2c(Cl)cccc2[nH]1. The predicted molar refractivity (Wildman–Crippen MR) is 105 cm³/mol. The number of pyridine rings is 1. The summed E-state index contributed by atoms with van der Waals surface area (Å²) in [6, 6.07) is 7.01. The largest absolute Gasteiger partial charge is 0.382 e. The van der Waals surface area contributed by atoms with Crippen molar-refractivity contribution in [3.8, 4) is 0 Å². The Bertz CT molecular complexity index is 983. The first-order valence-corrected chi connectivity index (χ1v) is 8.72.